The summed E-state index contributed by atoms with van der Waals surface area (Å²) in [6.07, 6.45) is 0.102. The van der Waals surface area contributed by atoms with Crippen LogP contribution < -0.4 is 4.90 Å². The SMILES string of the molecule is Cc1ccc(N2C[C@@H](C(=O)OCC(=O)c3ccccc3)CC2=O)cc1C. The van der Waals surface area contributed by atoms with Crippen molar-refractivity contribution >= 4 is 23.3 Å². The smallest absolute Gasteiger partial charge is 0.311 e. The van der Waals surface area contributed by atoms with Gasteiger partial charge in [-0.2, -0.15) is 0 Å². The monoisotopic (exact) mass is 351 g/mol. The van der Waals surface area contributed by atoms with Gasteiger partial charge >= 0.3 is 5.97 Å². The van der Waals surface area contributed by atoms with Gasteiger partial charge in [-0.25, -0.2) is 0 Å². The molecule has 5 heteroatoms. The molecular formula is C21H21NO4. The van der Waals surface area contributed by atoms with Crippen molar-refractivity contribution < 1.29 is 19.1 Å². The Bertz CT molecular complexity index is 844. The lowest BCUT2D eigenvalue weighted by molar-refractivity contribution is -0.147. The zero-order chi connectivity index (χ0) is 18.7. The number of hydrogen-bond donors (Lipinski definition) is 0. The maximum atomic E-state index is 12.3. The number of ketones is 1. The molecule has 0 radical (unpaired) electrons. The van der Waals surface area contributed by atoms with Gasteiger partial charge in [-0.1, -0.05) is 36.4 Å². The van der Waals surface area contributed by atoms with Crippen LogP contribution in [0.25, 0.3) is 0 Å². The summed E-state index contributed by atoms with van der Waals surface area (Å²) in [5.41, 5.74) is 3.53. The predicted octanol–water partition coefficient (Wildman–Crippen LogP) is 3.08. The van der Waals surface area contributed by atoms with E-state index in [-0.39, 0.29) is 31.3 Å². The molecule has 1 atom stereocenters. The molecule has 0 unspecified atom stereocenters. The Labute approximate surface area is 152 Å². The Morgan fingerprint density at radius 3 is 2.50 bits per heavy atom. The molecule has 2 aromatic carbocycles. The molecule has 0 aromatic heterocycles. The van der Waals surface area contributed by atoms with Crippen molar-refractivity contribution in [1.29, 1.82) is 0 Å². The van der Waals surface area contributed by atoms with Crippen molar-refractivity contribution in [2.75, 3.05) is 18.1 Å². The number of Topliss-reactive ketones (excluding diaryl/α,β-unsaturated/α-hetero) is 1. The minimum absolute atomic E-state index is 0.102. The number of anilines is 1. The van der Waals surface area contributed by atoms with Crippen LogP contribution >= 0.6 is 0 Å². The van der Waals surface area contributed by atoms with Crippen molar-refractivity contribution in [3.8, 4) is 0 Å². The predicted molar refractivity (Wildman–Crippen MR) is 98.1 cm³/mol. The highest BCUT2D eigenvalue weighted by molar-refractivity contribution is 6.01. The molecule has 1 aliphatic rings. The van der Waals surface area contributed by atoms with E-state index in [1.807, 2.05) is 38.1 Å². The minimum atomic E-state index is -0.548. The molecule has 0 saturated carbocycles. The first kappa shape index (κ1) is 17.9. The van der Waals surface area contributed by atoms with Gasteiger partial charge in [-0.3, -0.25) is 14.4 Å². The number of carbonyl (C=O) groups is 3. The van der Waals surface area contributed by atoms with Crippen molar-refractivity contribution in [2.45, 2.75) is 20.3 Å². The Hall–Kier alpha value is -2.95. The highest BCUT2D eigenvalue weighted by Crippen LogP contribution is 2.27. The lowest BCUT2D eigenvalue weighted by Crippen LogP contribution is -2.27. The van der Waals surface area contributed by atoms with Crippen molar-refractivity contribution in [3.05, 3.63) is 65.2 Å². The highest BCUT2D eigenvalue weighted by atomic mass is 16.5. The quantitative estimate of drug-likeness (QED) is 0.613. The second-order valence-electron chi connectivity index (χ2n) is 6.57. The number of carbonyl (C=O) groups excluding carboxylic acids is 3. The topological polar surface area (TPSA) is 63.7 Å². The van der Waals surface area contributed by atoms with Gasteiger partial charge in [-0.15, -0.1) is 0 Å². The Morgan fingerprint density at radius 2 is 1.81 bits per heavy atom. The largest absolute Gasteiger partial charge is 0.457 e. The van der Waals surface area contributed by atoms with E-state index >= 15 is 0 Å². The number of hydrogen-bond acceptors (Lipinski definition) is 4. The fraction of sp³-hybridized carbons (Fsp3) is 0.286. The van der Waals surface area contributed by atoms with Crippen LogP contribution in [-0.4, -0.2) is 30.8 Å². The molecule has 2 aromatic rings. The zero-order valence-corrected chi connectivity index (χ0v) is 14.9. The molecule has 0 spiro atoms. The molecule has 134 valence electrons. The first-order valence-corrected chi connectivity index (χ1v) is 8.58. The summed E-state index contributed by atoms with van der Waals surface area (Å²) < 4.78 is 5.15. The fourth-order valence-corrected chi connectivity index (χ4v) is 2.97. The average Bonchev–Trinajstić information content (AvgIpc) is 3.04. The van der Waals surface area contributed by atoms with Crippen LogP contribution in [0.3, 0.4) is 0 Å². The fourth-order valence-electron chi connectivity index (χ4n) is 2.97. The van der Waals surface area contributed by atoms with Crippen molar-refractivity contribution in [1.82, 2.24) is 0 Å². The number of benzene rings is 2. The standard InChI is InChI=1S/C21H21NO4/c1-14-8-9-18(10-15(14)2)22-12-17(11-20(22)24)21(25)26-13-19(23)16-6-4-3-5-7-16/h3-10,17H,11-13H2,1-2H3/t17-/m0/s1. The summed E-state index contributed by atoms with van der Waals surface area (Å²) in [5, 5.41) is 0. The normalized spacial score (nSPS) is 16.6. The molecule has 26 heavy (non-hydrogen) atoms. The van der Waals surface area contributed by atoms with E-state index in [9.17, 15) is 14.4 Å². The number of rotatable bonds is 5. The number of esters is 1. The summed E-state index contributed by atoms with van der Waals surface area (Å²) in [5.74, 6) is -1.42. The summed E-state index contributed by atoms with van der Waals surface area (Å²) >= 11 is 0. The second kappa shape index (κ2) is 7.52. The van der Waals surface area contributed by atoms with E-state index in [0.717, 1.165) is 16.8 Å². The molecule has 1 amide bonds. The minimum Gasteiger partial charge on any atom is -0.457 e. The number of nitrogens with zero attached hydrogens (tertiary/aromatic N) is 1. The molecule has 1 heterocycles. The molecular weight excluding hydrogens is 330 g/mol. The van der Waals surface area contributed by atoms with Gasteiger partial charge in [-0.05, 0) is 37.1 Å². The second-order valence-corrected chi connectivity index (χ2v) is 6.57. The Balaban J connectivity index is 1.60. The molecule has 0 aliphatic carbocycles. The highest BCUT2D eigenvalue weighted by Gasteiger charge is 2.36. The van der Waals surface area contributed by atoms with Crippen LogP contribution in [0.1, 0.15) is 27.9 Å². The third-order valence-corrected chi connectivity index (χ3v) is 4.70. The Kier molecular flexibility index (Phi) is 5.16. The van der Waals surface area contributed by atoms with Crippen LogP contribution in [0.2, 0.25) is 0 Å². The van der Waals surface area contributed by atoms with E-state index in [4.69, 9.17) is 4.74 Å². The lowest BCUT2D eigenvalue weighted by atomic mass is 10.1. The third kappa shape index (κ3) is 3.82. The third-order valence-electron chi connectivity index (χ3n) is 4.70. The van der Waals surface area contributed by atoms with Crippen molar-refractivity contribution in [3.63, 3.8) is 0 Å². The molecule has 5 nitrogen and oxygen atoms in total. The van der Waals surface area contributed by atoms with Gasteiger partial charge in [0, 0.05) is 24.2 Å². The maximum Gasteiger partial charge on any atom is 0.311 e. The maximum absolute atomic E-state index is 12.3. The van der Waals surface area contributed by atoms with E-state index in [1.165, 1.54) is 0 Å². The average molecular weight is 351 g/mol. The summed E-state index contributed by atoms with van der Waals surface area (Å²) in [7, 11) is 0. The van der Waals surface area contributed by atoms with Gasteiger partial charge in [0.05, 0.1) is 5.92 Å². The van der Waals surface area contributed by atoms with Crippen LogP contribution in [-0.2, 0) is 14.3 Å². The molecule has 3 rings (SSSR count). The van der Waals surface area contributed by atoms with Gasteiger partial charge < -0.3 is 9.64 Å². The van der Waals surface area contributed by atoms with Gasteiger partial charge in [0.2, 0.25) is 5.91 Å². The van der Waals surface area contributed by atoms with E-state index in [0.29, 0.717) is 5.56 Å². The summed E-state index contributed by atoms with van der Waals surface area (Å²) in [4.78, 5) is 38.2. The molecule has 1 saturated heterocycles. The van der Waals surface area contributed by atoms with E-state index < -0.39 is 11.9 Å². The molecule has 1 aliphatic heterocycles. The first-order chi connectivity index (χ1) is 12.5. The van der Waals surface area contributed by atoms with E-state index in [1.54, 1.807) is 29.2 Å². The number of aryl methyl sites for hydroxylation is 2. The summed E-state index contributed by atoms with van der Waals surface area (Å²) in [6, 6.07) is 14.5. The molecule has 0 N–H and O–H groups in total. The number of ether oxygens (including phenoxy) is 1. The Morgan fingerprint density at radius 1 is 1.08 bits per heavy atom. The van der Waals surface area contributed by atoms with Crippen LogP contribution in [0, 0.1) is 19.8 Å². The first-order valence-electron chi connectivity index (χ1n) is 8.58. The van der Waals surface area contributed by atoms with Gasteiger partial charge in [0.15, 0.2) is 12.4 Å². The van der Waals surface area contributed by atoms with Crippen molar-refractivity contribution in [2.24, 2.45) is 5.92 Å². The van der Waals surface area contributed by atoms with Crippen LogP contribution in [0.4, 0.5) is 5.69 Å². The lowest BCUT2D eigenvalue weighted by Gasteiger charge is -2.17. The molecule has 1 fully saturated rings. The number of amides is 1. The molecule has 0 bridgehead atoms. The van der Waals surface area contributed by atoms with E-state index in [2.05, 4.69) is 0 Å². The van der Waals surface area contributed by atoms with Crippen LogP contribution in [0.5, 0.6) is 0 Å². The van der Waals surface area contributed by atoms with Crippen LogP contribution in [0.15, 0.2) is 48.5 Å². The zero-order valence-electron chi connectivity index (χ0n) is 14.9. The van der Waals surface area contributed by atoms with Gasteiger partial charge in [0.1, 0.15) is 0 Å². The van der Waals surface area contributed by atoms with Gasteiger partial charge in [0.25, 0.3) is 0 Å². The summed E-state index contributed by atoms with van der Waals surface area (Å²) in [6.45, 7) is 3.96.